The van der Waals surface area contributed by atoms with Crippen LogP contribution in [0.2, 0.25) is 10.0 Å². The molecule has 102 valence electrons. The first-order chi connectivity index (χ1) is 9.54. The summed E-state index contributed by atoms with van der Waals surface area (Å²) in [6.45, 7) is 0. The second-order valence-electron chi connectivity index (χ2n) is 4.40. The second-order valence-corrected chi connectivity index (χ2v) is 5.21. The summed E-state index contributed by atoms with van der Waals surface area (Å²) in [7, 11) is 0. The summed E-state index contributed by atoms with van der Waals surface area (Å²) < 4.78 is 0. The Kier molecular flexibility index (Phi) is 3.16. The summed E-state index contributed by atoms with van der Waals surface area (Å²) in [5, 5.41) is 0.953. The Labute approximate surface area is 122 Å². The summed E-state index contributed by atoms with van der Waals surface area (Å²) in [5.74, 6) is 0. The van der Waals surface area contributed by atoms with Crippen molar-refractivity contribution < 1.29 is 0 Å². The average molecular weight is 310 g/mol. The van der Waals surface area contributed by atoms with Gasteiger partial charge in [-0.25, -0.2) is 4.79 Å². The smallest absolute Gasteiger partial charge is 0.326 e. The first-order valence-electron chi connectivity index (χ1n) is 5.81. The molecule has 3 rings (SSSR count). The van der Waals surface area contributed by atoms with Crippen LogP contribution in [0.4, 0.5) is 0 Å². The van der Waals surface area contributed by atoms with Crippen LogP contribution in [-0.2, 0) is 6.42 Å². The molecule has 3 N–H and O–H groups in total. The maximum absolute atomic E-state index is 11.6. The standard InChI is InChI=1S/C13H9Cl2N3O2/c14-8-2-1-6(4-9(8)15)3-7-5-16-11-10(7)17-13(20)18-12(11)19/h1-2,4-5,16H,3H2,(H2,17,18,19,20). The molecule has 0 saturated heterocycles. The third-order valence-electron chi connectivity index (χ3n) is 3.03. The number of H-pyrrole nitrogens is 3. The molecule has 0 atom stereocenters. The van der Waals surface area contributed by atoms with Crippen LogP contribution in [0.5, 0.6) is 0 Å². The summed E-state index contributed by atoms with van der Waals surface area (Å²) in [4.78, 5) is 30.6. The summed E-state index contributed by atoms with van der Waals surface area (Å²) >= 11 is 11.8. The number of aromatic amines is 3. The Hall–Kier alpha value is -1.98. The van der Waals surface area contributed by atoms with Gasteiger partial charge in [-0.1, -0.05) is 29.3 Å². The predicted octanol–water partition coefficient (Wildman–Crippen LogP) is 2.44. The molecule has 1 aromatic carbocycles. The van der Waals surface area contributed by atoms with Crippen molar-refractivity contribution in [1.82, 2.24) is 15.0 Å². The molecular weight excluding hydrogens is 301 g/mol. The van der Waals surface area contributed by atoms with Crippen LogP contribution < -0.4 is 11.2 Å². The largest absolute Gasteiger partial charge is 0.355 e. The van der Waals surface area contributed by atoms with E-state index in [-0.39, 0.29) is 0 Å². The highest BCUT2D eigenvalue weighted by atomic mass is 35.5. The van der Waals surface area contributed by atoms with Gasteiger partial charge in [0.25, 0.3) is 5.56 Å². The molecule has 2 heterocycles. The van der Waals surface area contributed by atoms with Gasteiger partial charge in [0.1, 0.15) is 5.52 Å². The van der Waals surface area contributed by atoms with Crippen molar-refractivity contribution in [2.45, 2.75) is 6.42 Å². The van der Waals surface area contributed by atoms with Gasteiger partial charge in [0.15, 0.2) is 0 Å². The summed E-state index contributed by atoms with van der Waals surface area (Å²) in [6.07, 6.45) is 2.22. The SMILES string of the molecule is O=c1[nH]c(=O)c2[nH]cc(Cc3ccc(Cl)c(Cl)c3)c2[nH]1. The first kappa shape index (κ1) is 13.0. The van der Waals surface area contributed by atoms with Crippen molar-refractivity contribution in [2.24, 2.45) is 0 Å². The van der Waals surface area contributed by atoms with E-state index in [9.17, 15) is 9.59 Å². The van der Waals surface area contributed by atoms with Gasteiger partial charge in [0.05, 0.1) is 15.6 Å². The van der Waals surface area contributed by atoms with Crippen LogP contribution >= 0.6 is 23.2 Å². The Bertz CT molecular complexity index is 908. The monoisotopic (exact) mass is 309 g/mol. The topological polar surface area (TPSA) is 81.5 Å². The van der Waals surface area contributed by atoms with E-state index in [2.05, 4.69) is 15.0 Å². The van der Waals surface area contributed by atoms with E-state index < -0.39 is 11.2 Å². The third-order valence-corrected chi connectivity index (χ3v) is 3.77. The van der Waals surface area contributed by atoms with Crippen LogP contribution in [0.25, 0.3) is 11.0 Å². The molecule has 2 aromatic heterocycles. The second kappa shape index (κ2) is 4.85. The lowest BCUT2D eigenvalue weighted by molar-refractivity contribution is 1.07. The highest BCUT2D eigenvalue weighted by Gasteiger charge is 2.09. The van der Waals surface area contributed by atoms with Gasteiger partial charge < -0.3 is 9.97 Å². The number of hydrogen-bond acceptors (Lipinski definition) is 2. The zero-order valence-corrected chi connectivity index (χ0v) is 11.6. The fraction of sp³-hybridized carbons (Fsp3) is 0.0769. The maximum Gasteiger partial charge on any atom is 0.326 e. The zero-order valence-electron chi connectivity index (χ0n) is 10.1. The Morgan fingerprint density at radius 1 is 1.00 bits per heavy atom. The van der Waals surface area contributed by atoms with Crippen LogP contribution in [0, 0.1) is 0 Å². The molecule has 0 aliphatic heterocycles. The lowest BCUT2D eigenvalue weighted by atomic mass is 10.1. The molecule has 0 aliphatic rings. The number of benzene rings is 1. The summed E-state index contributed by atoms with van der Waals surface area (Å²) in [5.41, 5.74) is 1.62. The van der Waals surface area contributed by atoms with E-state index in [1.807, 2.05) is 6.07 Å². The van der Waals surface area contributed by atoms with E-state index >= 15 is 0 Å². The Morgan fingerprint density at radius 3 is 2.55 bits per heavy atom. The summed E-state index contributed by atoms with van der Waals surface area (Å²) in [6, 6.07) is 5.32. The molecule has 0 saturated carbocycles. The molecule has 0 fully saturated rings. The lowest BCUT2D eigenvalue weighted by Gasteiger charge is -2.02. The molecule has 0 aliphatic carbocycles. The van der Waals surface area contributed by atoms with Gasteiger partial charge in [-0.2, -0.15) is 0 Å². The number of hydrogen-bond donors (Lipinski definition) is 3. The van der Waals surface area contributed by atoms with E-state index in [4.69, 9.17) is 23.2 Å². The zero-order chi connectivity index (χ0) is 14.3. The predicted molar refractivity (Wildman–Crippen MR) is 78.8 cm³/mol. The Morgan fingerprint density at radius 2 is 1.80 bits per heavy atom. The number of halogens is 2. The van der Waals surface area contributed by atoms with Crippen molar-refractivity contribution in [2.75, 3.05) is 0 Å². The fourth-order valence-corrected chi connectivity index (χ4v) is 2.43. The molecule has 0 bridgehead atoms. The average Bonchev–Trinajstić information content (AvgIpc) is 2.77. The van der Waals surface area contributed by atoms with E-state index in [0.717, 1.165) is 11.1 Å². The van der Waals surface area contributed by atoms with E-state index in [1.165, 1.54) is 0 Å². The highest BCUT2D eigenvalue weighted by molar-refractivity contribution is 6.42. The van der Waals surface area contributed by atoms with Crippen LogP contribution in [0.3, 0.4) is 0 Å². The van der Waals surface area contributed by atoms with Crippen LogP contribution in [0.1, 0.15) is 11.1 Å². The van der Waals surface area contributed by atoms with Gasteiger partial charge in [-0.3, -0.25) is 9.78 Å². The van der Waals surface area contributed by atoms with Crippen molar-refractivity contribution in [1.29, 1.82) is 0 Å². The lowest BCUT2D eigenvalue weighted by Crippen LogP contribution is -2.21. The van der Waals surface area contributed by atoms with Crippen molar-refractivity contribution >= 4 is 34.2 Å². The van der Waals surface area contributed by atoms with Gasteiger partial charge in [0.2, 0.25) is 0 Å². The molecule has 7 heteroatoms. The normalized spacial score (nSPS) is 11.1. The molecule has 3 aromatic rings. The molecule has 0 amide bonds. The van der Waals surface area contributed by atoms with Gasteiger partial charge in [-0.15, -0.1) is 0 Å². The maximum atomic E-state index is 11.6. The fourth-order valence-electron chi connectivity index (χ4n) is 2.11. The quantitative estimate of drug-likeness (QED) is 0.679. The molecule has 20 heavy (non-hydrogen) atoms. The van der Waals surface area contributed by atoms with E-state index in [0.29, 0.717) is 27.5 Å². The minimum absolute atomic E-state index is 0.347. The van der Waals surface area contributed by atoms with Crippen molar-refractivity contribution in [3.05, 3.63) is 66.4 Å². The number of nitrogens with one attached hydrogen (secondary N) is 3. The number of rotatable bonds is 2. The molecule has 0 radical (unpaired) electrons. The van der Waals surface area contributed by atoms with Gasteiger partial charge >= 0.3 is 5.69 Å². The number of fused-ring (bicyclic) bond motifs is 1. The van der Waals surface area contributed by atoms with Gasteiger partial charge in [-0.05, 0) is 23.3 Å². The van der Waals surface area contributed by atoms with Crippen LogP contribution in [0.15, 0.2) is 34.0 Å². The Balaban J connectivity index is 2.09. The minimum atomic E-state index is -0.530. The molecule has 0 unspecified atom stereocenters. The highest BCUT2D eigenvalue weighted by Crippen LogP contribution is 2.24. The van der Waals surface area contributed by atoms with Gasteiger partial charge in [0, 0.05) is 12.6 Å². The van der Waals surface area contributed by atoms with E-state index in [1.54, 1.807) is 18.3 Å². The molecular formula is C13H9Cl2N3O2. The molecule has 0 spiro atoms. The minimum Gasteiger partial charge on any atom is -0.355 e. The van der Waals surface area contributed by atoms with Crippen molar-refractivity contribution in [3.8, 4) is 0 Å². The van der Waals surface area contributed by atoms with Crippen molar-refractivity contribution in [3.63, 3.8) is 0 Å². The van der Waals surface area contributed by atoms with Crippen LogP contribution in [-0.4, -0.2) is 15.0 Å². The number of aromatic nitrogens is 3. The third kappa shape index (κ3) is 2.26. The first-order valence-corrected chi connectivity index (χ1v) is 6.56. The molecule has 5 nitrogen and oxygen atoms in total.